The molecule has 0 aliphatic heterocycles. The Balaban J connectivity index is 0.0000000799. The van der Waals surface area contributed by atoms with Gasteiger partial charge in [0, 0.05) is 103 Å². The van der Waals surface area contributed by atoms with Crippen LogP contribution in [-0.4, -0.2) is 0 Å². The SMILES string of the molecule is c1cc2ccc3cccc4ccc(c1)c2c34.c1ccc2c(c1)oc1cc3cc4c(cc3cc12)oc1ccccc14.c1ccc2cc3c(cc2c1)oc1c3ccc2c3cc4ccccc4cc3oc21.c1ccc2cc3c(cc2c1)oc1cc2c(cc13)oc1cc3ccccc3cc12.c1ccc2cc3c(cc2c1)oc1cc2ccccc2cc13.c1ccc2cc3c(cc2c1)oc1cc2oc4cc5ccccc5cc4c2cc13. The van der Waals surface area contributed by atoms with Crippen LogP contribution in [0.15, 0.2) is 501 Å². The Hall–Kier alpha value is -19.5. The number of para-hydroxylation sites is 2. The molecule has 0 saturated carbocycles. The van der Waals surface area contributed by atoms with E-state index in [-0.39, 0.29) is 0 Å². The van der Waals surface area contributed by atoms with Gasteiger partial charge in [0.2, 0.25) is 0 Å². The maximum atomic E-state index is 6.31. The molecule has 145 heavy (non-hydrogen) atoms. The number of rotatable bonds is 0. The summed E-state index contributed by atoms with van der Waals surface area (Å²) in [6, 6.07) is 161. The fraction of sp³-hybridized carbons (Fsp3) is 0. The second-order valence-electron chi connectivity index (χ2n) is 38.3. The van der Waals surface area contributed by atoms with Crippen molar-refractivity contribution in [2.45, 2.75) is 0 Å². The maximum absolute atomic E-state index is 6.31. The minimum Gasteiger partial charge on any atom is -0.456 e. The van der Waals surface area contributed by atoms with Crippen LogP contribution in [-0.2, 0) is 0 Å². The van der Waals surface area contributed by atoms with E-state index in [2.05, 4.69) is 419 Å². The van der Waals surface area contributed by atoms with Gasteiger partial charge in [-0.1, -0.05) is 291 Å². The summed E-state index contributed by atoms with van der Waals surface area (Å²) in [5.41, 5.74) is 16.2. The summed E-state index contributed by atoms with van der Waals surface area (Å²) in [5.74, 6) is 0. The van der Waals surface area contributed by atoms with Crippen LogP contribution in [0.2, 0.25) is 0 Å². The van der Waals surface area contributed by atoms with E-state index in [1.54, 1.807) is 0 Å². The van der Waals surface area contributed by atoms with Crippen molar-refractivity contribution in [3.8, 4) is 0 Å². The molecular formula is C136H76O9. The summed E-state index contributed by atoms with van der Waals surface area (Å²) >= 11 is 0. The Morgan fingerprint density at radius 1 is 0.0828 bits per heavy atom. The fourth-order valence-corrected chi connectivity index (χ4v) is 22.8. The average molecular weight is 1850 g/mol. The first-order valence-electron chi connectivity index (χ1n) is 49.0. The molecule has 0 N–H and O–H groups in total. The zero-order valence-electron chi connectivity index (χ0n) is 77.6. The topological polar surface area (TPSA) is 118 Å². The lowest BCUT2D eigenvalue weighted by molar-refractivity contribution is 0.634. The van der Waals surface area contributed by atoms with E-state index in [0.717, 1.165) is 187 Å². The van der Waals surface area contributed by atoms with Gasteiger partial charge in [-0.3, -0.25) is 0 Å². The second kappa shape index (κ2) is 31.5. The molecule has 9 nitrogen and oxygen atoms in total. The van der Waals surface area contributed by atoms with E-state index in [4.69, 9.17) is 39.8 Å². The van der Waals surface area contributed by atoms with Gasteiger partial charge in [0.05, 0.1) is 0 Å². The van der Waals surface area contributed by atoms with Gasteiger partial charge in [0.25, 0.3) is 0 Å². The van der Waals surface area contributed by atoms with E-state index >= 15 is 0 Å². The van der Waals surface area contributed by atoms with E-state index in [1.807, 2.05) is 42.5 Å². The van der Waals surface area contributed by atoms with Gasteiger partial charge in [0.1, 0.15) is 89.3 Å². The number of benzene rings is 27. The van der Waals surface area contributed by atoms with Gasteiger partial charge in [-0.2, -0.15) is 0 Å². The van der Waals surface area contributed by atoms with Crippen molar-refractivity contribution in [1.82, 2.24) is 0 Å². The van der Waals surface area contributed by atoms with Crippen LogP contribution in [0.25, 0.3) is 327 Å². The van der Waals surface area contributed by atoms with E-state index in [1.165, 1.54) is 140 Å². The van der Waals surface area contributed by atoms with Crippen molar-refractivity contribution in [1.29, 1.82) is 0 Å². The standard InChI is InChI=1S/3C26H14O2.C22H12O2.C20H12O.C16H10/c1-3-7-17-11-23-19(9-15(17)5-1)21-13-26-22(14-25(21)27-23)20-10-16-6-2-4-8-18(16)12-24(20)28-26;1-3-7-17-11-23-19(9-15(17)5-1)21-13-22-20-10-16-6-2-4-8-18(16)12-24(20)28-26(22)14-25(21)27-23;1-3-7-17-13-23-21(11-15(17)5-1)19-9-10-20-22-12-16-6-2-4-8-18(16)14-24(22)28-26(20)25(19)27-23;1-3-7-19-15(5-1)17-9-13-12-22-18(10-14(13)11-21(17)23-19)16-6-2-4-8-20(16)24-22;1-3-7-15-11-19-17(9-13(15)5-1)18-10-14-6-2-4-8-16(14)12-20(18)21-19;1-3-11-7-9-13-5-2-6-14-10-8-12(4-1)15(11)16(13)14/h3*1-14H;1-12H;1-12H;1-10H. The molecule has 0 radical (unpaired) electrons. The van der Waals surface area contributed by atoms with E-state index < -0.39 is 0 Å². The molecule has 0 amide bonds. The molecule has 0 unspecified atom stereocenters. The molecule has 27 aromatic carbocycles. The molecule has 9 heterocycles. The smallest absolute Gasteiger partial charge is 0.178 e. The first-order chi connectivity index (χ1) is 71.7. The van der Waals surface area contributed by atoms with Crippen molar-refractivity contribution < 1.29 is 39.8 Å². The lowest BCUT2D eigenvalue weighted by Gasteiger charge is -2.09. The molecule has 0 spiro atoms. The lowest BCUT2D eigenvalue weighted by Crippen LogP contribution is -1.82. The molecular weight excluding hydrogens is 1780 g/mol. The summed E-state index contributed by atoms with van der Waals surface area (Å²) in [6.45, 7) is 0. The van der Waals surface area contributed by atoms with E-state index in [9.17, 15) is 0 Å². The Morgan fingerprint density at radius 3 is 0.510 bits per heavy atom. The van der Waals surface area contributed by atoms with Gasteiger partial charge in [0.15, 0.2) is 11.2 Å². The number of furan rings is 9. The molecule has 0 aliphatic carbocycles. The molecule has 0 atom stereocenters. The highest BCUT2D eigenvalue weighted by molar-refractivity contribution is 6.27. The van der Waals surface area contributed by atoms with Crippen LogP contribution in [0.5, 0.6) is 0 Å². The third-order valence-corrected chi connectivity index (χ3v) is 29.8. The van der Waals surface area contributed by atoms with Crippen molar-refractivity contribution in [2.24, 2.45) is 0 Å². The Morgan fingerprint density at radius 2 is 0.248 bits per heavy atom. The number of hydrogen-bond donors (Lipinski definition) is 0. The Bertz CT molecular complexity index is 11100. The first-order valence-corrected chi connectivity index (χ1v) is 49.0. The van der Waals surface area contributed by atoms with Gasteiger partial charge < -0.3 is 39.8 Å². The minimum atomic E-state index is 0.822. The van der Waals surface area contributed by atoms with Crippen LogP contribution in [0.1, 0.15) is 0 Å². The average Bonchev–Trinajstić information content (AvgIpc) is 1.46. The predicted molar refractivity (Wildman–Crippen MR) is 605 cm³/mol. The maximum Gasteiger partial charge on any atom is 0.178 e. The normalized spacial score (nSPS) is 12.1. The Kier molecular flexibility index (Phi) is 17.5. The van der Waals surface area contributed by atoms with Crippen LogP contribution < -0.4 is 0 Å². The van der Waals surface area contributed by atoms with Crippen LogP contribution in [0, 0.1) is 0 Å². The Labute approximate surface area is 821 Å². The van der Waals surface area contributed by atoms with Crippen molar-refractivity contribution >= 4 is 327 Å². The highest BCUT2D eigenvalue weighted by atomic mass is 16.4. The monoisotopic (exact) mass is 1850 g/mol. The summed E-state index contributed by atoms with van der Waals surface area (Å²) in [6.07, 6.45) is 0. The van der Waals surface area contributed by atoms with Gasteiger partial charge >= 0.3 is 0 Å². The summed E-state index contributed by atoms with van der Waals surface area (Å²) in [5, 5.41) is 50.2. The minimum absolute atomic E-state index is 0.822. The van der Waals surface area contributed by atoms with Gasteiger partial charge in [-0.15, -0.1) is 0 Å². The molecule has 36 aromatic rings. The van der Waals surface area contributed by atoms with Gasteiger partial charge in [-0.05, 0) is 293 Å². The van der Waals surface area contributed by atoms with Crippen LogP contribution in [0.3, 0.4) is 0 Å². The third-order valence-electron chi connectivity index (χ3n) is 29.8. The van der Waals surface area contributed by atoms with Crippen LogP contribution >= 0.6 is 0 Å². The molecule has 0 aliphatic rings. The quantitative estimate of drug-likeness (QED) is 0.137. The predicted octanol–water partition coefficient (Wildman–Crippen LogP) is 40.5. The highest BCUT2D eigenvalue weighted by Gasteiger charge is 2.23. The number of fused-ring (bicyclic) bond motifs is 37. The molecule has 36 rings (SSSR count). The summed E-state index contributed by atoms with van der Waals surface area (Å²) in [4.78, 5) is 0. The third kappa shape index (κ3) is 13.1. The van der Waals surface area contributed by atoms with Crippen molar-refractivity contribution in [2.75, 3.05) is 0 Å². The first kappa shape index (κ1) is 80.5. The van der Waals surface area contributed by atoms with Crippen LogP contribution in [0.4, 0.5) is 0 Å². The van der Waals surface area contributed by atoms with Gasteiger partial charge in [-0.25, -0.2) is 0 Å². The van der Waals surface area contributed by atoms with Crippen molar-refractivity contribution in [3.05, 3.63) is 461 Å². The second-order valence-corrected chi connectivity index (χ2v) is 38.3. The zero-order chi connectivity index (χ0) is 94.7. The number of hydrogen-bond acceptors (Lipinski definition) is 9. The molecule has 674 valence electrons. The lowest BCUT2D eigenvalue weighted by atomic mass is 9.95. The molecule has 0 fully saturated rings. The highest BCUT2D eigenvalue weighted by Crippen LogP contribution is 2.47. The fourth-order valence-electron chi connectivity index (χ4n) is 22.8. The molecule has 9 heteroatoms. The van der Waals surface area contributed by atoms with E-state index in [0.29, 0.717) is 0 Å². The van der Waals surface area contributed by atoms with Crippen molar-refractivity contribution in [3.63, 3.8) is 0 Å². The summed E-state index contributed by atoms with van der Waals surface area (Å²) < 4.78 is 55.5. The molecule has 0 saturated heterocycles. The zero-order valence-corrected chi connectivity index (χ0v) is 77.6. The largest absolute Gasteiger partial charge is 0.456 e. The molecule has 0 bridgehead atoms. The summed E-state index contributed by atoms with van der Waals surface area (Å²) in [7, 11) is 0. The molecule has 9 aromatic heterocycles.